The van der Waals surface area contributed by atoms with Gasteiger partial charge in [-0.2, -0.15) is 5.26 Å². The van der Waals surface area contributed by atoms with Crippen molar-refractivity contribution in [1.82, 2.24) is 4.90 Å². The lowest BCUT2D eigenvalue weighted by Crippen LogP contribution is -2.35. The van der Waals surface area contributed by atoms with Crippen LogP contribution < -0.4 is 5.32 Å². The molecule has 0 bridgehead atoms. The quantitative estimate of drug-likeness (QED) is 0.491. The molecule has 0 aliphatic carbocycles. The second-order valence-corrected chi connectivity index (χ2v) is 9.27. The van der Waals surface area contributed by atoms with Gasteiger partial charge >= 0.3 is 0 Å². The van der Waals surface area contributed by atoms with Crippen LogP contribution in [-0.2, 0) is 0 Å². The molecule has 0 unspecified atom stereocenters. The Balaban J connectivity index is 1.49. The van der Waals surface area contributed by atoms with Crippen molar-refractivity contribution in [3.05, 3.63) is 91.6 Å². The Morgan fingerprint density at radius 3 is 2.64 bits per heavy atom. The van der Waals surface area contributed by atoms with Gasteiger partial charge in [-0.05, 0) is 72.7 Å². The predicted octanol–water partition coefficient (Wildman–Crippen LogP) is 6.15. The van der Waals surface area contributed by atoms with E-state index in [0.29, 0.717) is 34.9 Å². The summed E-state index contributed by atoms with van der Waals surface area (Å²) in [6, 6.07) is 16.0. The van der Waals surface area contributed by atoms with Crippen molar-refractivity contribution in [3.8, 4) is 6.07 Å². The number of nitriles is 1. The molecule has 1 saturated heterocycles. The number of halogens is 1. The van der Waals surface area contributed by atoms with Crippen LogP contribution in [0.4, 0.5) is 5.69 Å². The molecular weight excluding hydrogens is 454 g/mol. The highest BCUT2D eigenvalue weighted by Gasteiger charge is 2.21. The van der Waals surface area contributed by atoms with E-state index in [-0.39, 0.29) is 11.8 Å². The topological polar surface area (TPSA) is 73.2 Å². The number of nitrogens with zero attached hydrogens (tertiary/aromatic N) is 2. The summed E-state index contributed by atoms with van der Waals surface area (Å²) in [4.78, 5) is 28.0. The first-order valence-corrected chi connectivity index (χ1v) is 11.8. The molecule has 0 spiro atoms. The second-order valence-electron chi connectivity index (χ2n) is 7.89. The van der Waals surface area contributed by atoms with E-state index in [2.05, 4.69) is 11.4 Å². The summed E-state index contributed by atoms with van der Waals surface area (Å²) in [5, 5.41) is 14.4. The third-order valence-electron chi connectivity index (χ3n) is 5.70. The number of carbonyl (C=O) groups excluding carboxylic acids is 2. The van der Waals surface area contributed by atoms with E-state index >= 15 is 0 Å². The summed E-state index contributed by atoms with van der Waals surface area (Å²) in [6.45, 7) is 3.31. The molecule has 1 aliphatic heterocycles. The van der Waals surface area contributed by atoms with Crippen molar-refractivity contribution in [2.45, 2.75) is 19.8 Å². The fourth-order valence-corrected chi connectivity index (χ4v) is 4.74. The van der Waals surface area contributed by atoms with Gasteiger partial charge in [0.15, 0.2) is 0 Å². The van der Waals surface area contributed by atoms with Crippen LogP contribution in [0.15, 0.2) is 59.5 Å². The largest absolute Gasteiger partial charge is 0.337 e. The molecule has 1 aromatic heterocycles. The zero-order valence-corrected chi connectivity index (χ0v) is 19.7. The number of anilines is 1. The molecule has 1 N–H and O–H groups in total. The number of hydrogen-bond donors (Lipinski definition) is 1. The SMILES string of the molecule is Cc1c(C=C2CCN(C(=O)c3cccs3)CC2)cc(Cl)cc1NC(=O)c1cccc(C#N)c1. The standard InChI is InChI=1S/C26H22ClN3O2S/c1-17-21(12-18-7-9-30(10-8-18)26(32)24-6-3-11-33-24)14-22(27)15-23(17)29-25(31)20-5-2-4-19(13-20)16-28/h2-6,11-15H,7-10H2,1H3,(H,29,31). The van der Waals surface area contributed by atoms with Crippen LogP contribution >= 0.6 is 22.9 Å². The van der Waals surface area contributed by atoms with Gasteiger partial charge in [0.05, 0.1) is 16.5 Å². The maximum atomic E-state index is 12.7. The van der Waals surface area contributed by atoms with Gasteiger partial charge in [0.2, 0.25) is 0 Å². The van der Waals surface area contributed by atoms with Gasteiger partial charge < -0.3 is 10.2 Å². The van der Waals surface area contributed by atoms with Gasteiger partial charge in [0.1, 0.15) is 0 Å². The molecule has 0 saturated carbocycles. The molecule has 2 heterocycles. The molecular formula is C26H22ClN3O2S. The van der Waals surface area contributed by atoms with Crippen LogP contribution in [0, 0.1) is 18.3 Å². The Morgan fingerprint density at radius 1 is 1.15 bits per heavy atom. The number of likely N-dealkylation sites (tertiary alicyclic amines) is 1. The van der Waals surface area contributed by atoms with Crippen LogP contribution in [0.2, 0.25) is 5.02 Å². The van der Waals surface area contributed by atoms with Gasteiger partial charge in [-0.15, -0.1) is 11.3 Å². The maximum Gasteiger partial charge on any atom is 0.263 e. The summed E-state index contributed by atoms with van der Waals surface area (Å²) < 4.78 is 0. The highest BCUT2D eigenvalue weighted by molar-refractivity contribution is 7.12. The molecule has 0 atom stereocenters. The molecule has 0 radical (unpaired) electrons. The van der Waals surface area contributed by atoms with Gasteiger partial charge in [-0.3, -0.25) is 9.59 Å². The van der Waals surface area contributed by atoms with Crippen molar-refractivity contribution in [1.29, 1.82) is 5.26 Å². The summed E-state index contributed by atoms with van der Waals surface area (Å²) in [7, 11) is 0. The molecule has 1 fully saturated rings. The number of hydrogen-bond acceptors (Lipinski definition) is 4. The molecule has 7 heteroatoms. The molecule has 2 amide bonds. The Hall–Kier alpha value is -3.40. The van der Waals surface area contributed by atoms with E-state index < -0.39 is 0 Å². The number of thiophene rings is 1. The summed E-state index contributed by atoms with van der Waals surface area (Å²) in [5.74, 6) is -0.204. The predicted molar refractivity (Wildman–Crippen MR) is 133 cm³/mol. The first-order chi connectivity index (χ1) is 15.9. The van der Waals surface area contributed by atoms with Crippen molar-refractivity contribution in [2.75, 3.05) is 18.4 Å². The Kier molecular flexibility index (Phi) is 6.93. The number of carbonyl (C=O) groups is 2. The highest BCUT2D eigenvalue weighted by Crippen LogP contribution is 2.29. The lowest BCUT2D eigenvalue weighted by molar-refractivity contribution is 0.0748. The van der Waals surface area contributed by atoms with Crippen molar-refractivity contribution in [3.63, 3.8) is 0 Å². The van der Waals surface area contributed by atoms with Crippen molar-refractivity contribution in [2.24, 2.45) is 0 Å². The molecule has 3 aromatic rings. The van der Waals surface area contributed by atoms with Gasteiger partial charge in [0.25, 0.3) is 11.8 Å². The average molecular weight is 476 g/mol. The molecule has 1 aliphatic rings. The number of piperidine rings is 1. The summed E-state index contributed by atoms with van der Waals surface area (Å²) in [6.07, 6.45) is 3.71. The van der Waals surface area contributed by atoms with Crippen LogP contribution in [0.25, 0.3) is 6.08 Å². The summed E-state index contributed by atoms with van der Waals surface area (Å²) in [5.41, 5.74) is 4.57. The molecule has 4 rings (SSSR count). The highest BCUT2D eigenvalue weighted by atomic mass is 35.5. The molecule has 5 nitrogen and oxygen atoms in total. The Bertz CT molecular complexity index is 1270. The molecule has 166 valence electrons. The normalized spacial score (nSPS) is 13.4. The van der Waals surface area contributed by atoms with Crippen LogP contribution in [0.5, 0.6) is 0 Å². The number of nitrogens with one attached hydrogen (secondary N) is 1. The average Bonchev–Trinajstić information content (AvgIpc) is 3.37. The van der Waals surface area contributed by atoms with Crippen LogP contribution in [-0.4, -0.2) is 29.8 Å². The number of amides is 2. The van der Waals surface area contributed by atoms with Gasteiger partial charge in [0, 0.05) is 29.4 Å². The zero-order chi connectivity index (χ0) is 23.4. The van der Waals surface area contributed by atoms with Gasteiger partial charge in [-0.25, -0.2) is 0 Å². The lowest BCUT2D eigenvalue weighted by Gasteiger charge is -2.28. The van der Waals surface area contributed by atoms with E-state index in [4.69, 9.17) is 16.9 Å². The molecule has 33 heavy (non-hydrogen) atoms. The first-order valence-electron chi connectivity index (χ1n) is 10.6. The van der Waals surface area contributed by atoms with E-state index in [1.54, 1.807) is 30.3 Å². The Labute approximate surface area is 201 Å². The van der Waals surface area contributed by atoms with Crippen molar-refractivity contribution >= 4 is 46.5 Å². The number of benzene rings is 2. The fraction of sp³-hybridized carbons (Fsp3) is 0.192. The zero-order valence-electron chi connectivity index (χ0n) is 18.1. The van der Waals surface area contributed by atoms with Crippen molar-refractivity contribution < 1.29 is 9.59 Å². The van der Waals surface area contributed by atoms with Crippen LogP contribution in [0.1, 0.15) is 49.6 Å². The lowest BCUT2D eigenvalue weighted by atomic mass is 9.98. The fourth-order valence-electron chi connectivity index (χ4n) is 3.82. The van der Waals surface area contributed by atoms with Gasteiger partial charge in [-0.1, -0.05) is 35.4 Å². The maximum absolute atomic E-state index is 12.7. The molecule has 2 aromatic carbocycles. The third-order valence-corrected chi connectivity index (χ3v) is 6.78. The van der Waals surface area contributed by atoms with E-state index in [0.717, 1.165) is 28.8 Å². The second kappa shape index (κ2) is 10.0. The monoisotopic (exact) mass is 475 g/mol. The van der Waals surface area contributed by atoms with Crippen LogP contribution in [0.3, 0.4) is 0 Å². The van der Waals surface area contributed by atoms with E-state index in [1.807, 2.05) is 41.5 Å². The smallest absolute Gasteiger partial charge is 0.263 e. The number of rotatable bonds is 4. The Morgan fingerprint density at radius 2 is 1.94 bits per heavy atom. The third kappa shape index (κ3) is 5.33. The minimum atomic E-state index is -0.295. The summed E-state index contributed by atoms with van der Waals surface area (Å²) >= 11 is 7.83. The van der Waals surface area contributed by atoms with E-state index in [9.17, 15) is 9.59 Å². The first kappa shape index (κ1) is 22.8. The van der Waals surface area contributed by atoms with E-state index in [1.165, 1.54) is 16.9 Å². The minimum absolute atomic E-state index is 0.0912. The minimum Gasteiger partial charge on any atom is -0.337 e.